The van der Waals surface area contributed by atoms with Crippen LogP contribution in [-0.2, 0) is 4.74 Å². The molecule has 0 aromatic carbocycles. The lowest BCUT2D eigenvalue weighted by Crippen LogP contribution is -2.38. The lowest BCUT2D eigenvalue weighted by molar-refractivity contribution is 0.104. The van der Waals surface area contributed by atoms with E-state index in [1.54, 1.807) is 0 Å². The van der Waals surface area contributed by atoms with Gasteiger partial charge in [-0.05, 0) is 50.4 Å². The van der Waals surface area contributed by atoms with Crippen molar-refractivity contribution in [2.45, 2.75) is 51.2 Å². The fraction of sp³-hybridized carbons (Fsp3) is 1.00. The van der Waals surface area contributed by atoms with E-state index in [1.165, 1.54) is 38.6 Å². The van der Waals surface area contributed by atoms with Gasteiger partial charge in [0.05, 0.1) is 6.10 Å². The zero-order valence-corrected chi connectivity index (χ0v) is 9.74. The van der Waals surface area contributed by atoms with Crippen molar-refractivity contribution < 1.29 is 4.74 Å². The summed E-state index contributed by atoms with van der Waals surface area (Å²) in [5.74, 6) is 2.83. The lowest BCUT2D eigenvalue weighted by atomic mass is 9.94. The number of hydrogen-bond donors (Lipinski definition) is 1. The van der Waals surface area contributed by atoms with Crippen LogP contribution in [0.4, 0.5) is 0 Å². The second kappa shape index (κ2) is 4.06. The van der Waals surface area contributed by atoms with Crippen LogP contribution in [0.15, 0.2) is 0 Å². The van der Waals surface area contributed by atoms with Crippen molar-refractivity contribution in [2.24, 2.45) is 17.8 Å². The van der Waals surface area contributed by atoms with Crippen LogP contribution < -0.4 is 5.32 Å². The monoisotopic (exact) mass is 209 g/mol. The first-order valence-electron chi connectivity index (χ1n) is 6.68. The van der Waals surface area contributed by atoms with Crippen molar-refractivity contribution in [3.8, 4) is 0 Å². The Morgan fingerprint density at radius 3 is 2.73 bits per heavy atom. The van der Waals surface area contributed by atoms with Gasteiger partial charge in [0, 0.05) is 19.2 Å². The molecule has 1 saturated heterocycles. The average molecular weight is 209 g/mol. The fourth-order valence-corrected chi connectivity index (χ4v) is 3.84. The molecule has 0 radical (unpaired) electrons. The SMILES string of the molecule is CC1OCCC1CNC1CC2CCC1C2. The molecule has 1 N–H and O–H groups in total. The summed E-state index contributed by atoms with van der Waals surface area (Å²) in [4.78, 5) is 0. The smallest absolute Gasteiger partial charge is 0.0588 e. The Morgan fingerprint density at radius 2 is 2.13 bits per heavy atom. The minimum Gasteiger partial charge on any atom is -0.378 e. The maximum atomic E-state index is 5.60. The molecule has 0 aromatic heterocycles. The van der Waals surface area contributed by atoms with E-state index in [2.05, 4.69) is 12.2 Å². The third-order valence-electron chi connectivity index (χ3n) is 4.91. The van der Waals surface area contributed by atoms with Gasteiger partial charge < -0.3 is 10.1 Å². The highest BCUT2D eigenvalue weighted by Gasteiger charge is 2.39. The summed E-state index contributed by atoms with van der Waals surface area (Å²) in [7, 11) is 0. The maximum absolute atomic E-state index is 5.60. The number of rotatable bonds is 3. The molecule has 2 aliphatic carbocycles. The molecule has 1 heterocycles. The molecule has 5 atom stereocenters. The fourth-order valence-electron chi connectivity index (χ4n) is 3.84. The summed E-state index contributed by atoms with van der Waals surface area (Å²) >= 11 is 0. The third-order valence-corrected chi connectivity index (χ3v) is 4.91. The van der Waals surface area contributed by atoms with E-state index in [9.17, 15) is 0 Å². The first-order chi connectivity index (χ1) is 7.33. The van der Waals surface area contributed by atoms with Crippen molar-refractivity contribution >= 4 is 0 Å². The standard InChI is InChI=1S/C13H23NO/c1-9-12(4-5-15-9)8-14-13-7-10-2-3-11(13)6-10/h9-14H,2-8H2,1H3. The van der Waals surface area contributed by atoms with E-state index in [0.29, 0.717) is 6.10 Å². The van der Waals surface area contributed by atoms with Crippen molar-refractivity contribution in [1.29, 1.82) is 0 Å². The molecule has 0 spiro atoms. The first kappa shape index (κ1) is 10.1. The molecule has 0 aromatic rings. The predicted octanol–water partition coefficient (Wildman–Crippen LogP) is 2.19. The Kier molecular flexibility index (Phi) is 2.73. The average Bonchev–Trinajstić information content (AvgIpc) is 2.90. The normalized spacial score (nSPS) is 49.0. The van der Waals surface area contributed by atoms with Gasteiger partial charge in [-0.2, -0.15) is 0 Å². The predicted molar refractivity (Wildman–Crippen MR) is 60.8 cm³/mol. The van der Waals surface area contributed by atoms with Gasteiger partial charge in [-0.1, -0.05) is 6.42 Å². The van der Waals surface area contributed by atoms with Gasteiger partial charge in [0.25, 0.3) is 0 Å². The third kappa shape index (κ3) is 1.94. The van der Waals surface area contributed by atoms with E-state index in [4.69, 9.17) is 4.74 Å². The molecule has 2 bridgehead atoms. The summed E-state index contributed by atoms with van der Waals surface area (Å²) in [6.07, 6.45) is 7.69. The second-order valence-corrected chi connectivity index (χ2v) is 5.81. The molecule has 86 valence electrons. The highest BCUT2D eigenvalue weighted by molar-refractivity contribution is 4.94. The van der Waals surface area contributed by atoms with Gasteiger partial charge in [0.2, 0.25) is 0 Å². The minimum absolute atomic E-state index is 0.482. The van der Waals surface area contributed by atoms with Crippen LogP contribution in [0, 0.1) is 17.8 Å². The van der Waals surface area contributed by atoms with Gasteiger partial charge in [0.1, 0.15) is 0 Å². The Labute approximate surface area is 92.8 Å². The Bertz CT molecular complexity index is 231. The van der Waals surface area contributed by atoms with Crippen molar-refractivity contribution in [2.75, 3.05) is 13.2 Å². The van der Waals surface area contributed by atoms with Crippen LogP contribution in [0.3, 0.4) is 0 Å². The van der Waals surface area contributed by atoms with Gasteiger partial charge >= 0.3 is 0 Å². The van der Waals surface area contributed by atoms with Crippen LogP contribution in [0.25, 0.3) is 0 Å². The van der Waals surface area contributed by atoms with Crippen LogP contribution in [0.1, 0.15) is 39.0 Å². The summed E-state index contributed by atoms with van der Waals surface area (Å²) in [6, 6.07) is 0.844. The maximum Gasteiger partial charge on any atom is 0.0588 e. The van der Waals surface area contributed by atoms with Crippen molar-refractivity contribution in [1.82, 2.24) is 5.32 Å². The van der Waals surface area contributed by atoms with E-state index >= 15 is 0 Å². The van der Waals surface area contributed by atoms with Crippen LogP contribution in [0.5, 0.6) is 0 Å². The van der Waals surface area contributed by atoms with Crippen molar-refractivity contribution in [3.63, 3.8) is 0 Å². The van der Waals surface area contributed by atoms with Gasteiger partial charge in [-0.25, -0.2) is 0 Å². The molecular weight excluding hydrogens is 186 g/mol. The molecule has 2 saturated carbocycles. The van der Waals surface area contributed by atoms with Gasteiger partial charge in [-0.15, -0.1) is 0 Å². The molecule has 15 heavy (non-hydrogen) atoms. The Morgan fingerprint density at radius 1 is 1.20 bits per heavy atom. The van der Waals surface area contributed by atoms with Crippen LogP contribution in [0.2, 0.25) is 0 Å². The molecule has 3 aliphatic rings. The van der Waals surface area contributed by atoms with E-state index < -0.39 is 0 Å². The second-order valence-electron chi connectivity index (χ2n) is 5.81. The Balaban J connectivity index is 1.46. The molecule has 0 amide bonds. The molecule has 3 fully saturated rings. The summed E-state index contributed by atoms with van der Waals surface area (Å²) in [5, 5.41) is 3.81. The zero-order chi connectivity index (χ0) is 10.3. The quantitative estimate of drug-likeness (QED) is 0.769. The minimum atomic E-state index is 0.482. The van der Waals surface area contributed by atoms with Crippen LogP contribution in [-0.4, -0.2) is 25.3 Å². The van der Waals surface area contributed by atoms with Gasteiger partial charge in [-0.3, -0.25) is 0 Å². The molecule has 2 nitrogen and oxygen atoms in total. The number of nitrogens with one attached hydrogen (secondary N) is 1. The van der Waals surface area contributed by atoms with E-state index in [-0.39, 0.29) is 0 Å². The summed E-state index contributed by atoms with van der Waals surface area (Å²) in [6.45, 7) is 4.39. The largest absolute Gasteiger partial charge is 0.378 e. The van der Waals surface area contributed by atoms with Gasteiger partial charge in [0.15, 0.2) is 0 Å². The lowest BCUT2D eigenvalue weighted by Gasteiger charge is -2.25. The highest BCUT2D eigenvalue weighted by Crippen LogP contribution is 2.44. The zero-order valence-electron chi connectivity index (χ0n) is 9.74. The number of hydrogen-bond acceptors (Lipinski definition) is 2. The molecule has 3 rings (SSSR count). The first-order valence-corrected chi connectivity index (χ1v) is 6.68. The molecule has 1 aliphatic heterocycles. The molecular formula is C13H23NO. The summed E-state index contributed by atoms with van der Waals surface area (Å²) < 4.78 is 5.60. The molecule has 2 heteroatoms. The van der Waals surface area contributed by atoms with Crippen LogP contribution >= 0.6 is 0 Å². The number of fused-ring (bicyclic) bond motifs is 2. The Hall–Kier alpha value is -0.0800. The van der Waals surface area contributed by atoms with E-state index in [1.807, 2.05) is 0 Å². The highest BCUT2D eigenvalue weighted by atomic mass is 16.5. The van der Waals surface area contributed by atoms with E-state index in [0.717, 1.165) is 30.4 Å². The van der Waals surface area contributed by atoms with Crippen molar-refractivity contribution in [3.05, 3.63) is 0 Å². The number of ether oxygens (including phenoxy) is 1. The molecule has 5 unspecified atom stereocenters. The topological polar surface area (TPSA) is 21.3 Å². The summed E-state index contributed by atoms with van der Waals surface area (Å²) in [5.41, 5.74) is 0.